The molecule has 0 fully saturated rings. The smallest absolute Gasteiger partial charge is 0.0771 e. The first-order valence-electron chi connectivity index (χ1n) is 1.13. The zero-order valence-electron chi connectivity index (χ0n) is 3.35. The Hall–Kier alpha value is 1.02. The van der Waals surface area contributed by atoms with Gasteiger partial charge in [-0.2, -0.15) is 0 Å². The van der Waals surface area contributed by atoms with Gasteiger partial charge in [-0.1, -0.05) is 0 Å². The topological polar surface area (TPSA) is 26.0 Å². The van der Waals surface area contributed by atoms with Crippen LogP contribution in [0.1, 0.15) is 6.92 Å². The molecule has 0 rings (SSSR count). The minimum atomic E-state index is -0.194. The fourth-order valence-electron chi connectivity index (χ4n) is 0. The second-order valence-electron chi connectivity index (χ2n) is 0.678. The van der Waals surface area contributed by atoms with Crippen LogP contribution in [0.25, 0.3) is 0 Å². The van der Waals surface area contributed by atoms with E-state index in [2.05, 4.69) is 0 Å². The van der Waals surface area contributed by atoms with E-state index in [1.165, 1.54) is 0 Å². The van der Waals surface area contributed by atoms with Gasteiger partial charge in [-0.15, -0.1) is 41.0 Å². The summed E-state index contributed by atoms with van der Waals surface area (Å²) in [4.78, 5) is 0. The predicted molar refractivity (Wildman–Crippen MR) is 37.1 cm³/mol. The van der Waals surface area contributed by atoms with Crippen LogP contribution in [0.2, 0.25) is 0 Å². The van der Waals surface area contributed by atoms with Crippen molar-refractivity contribution in [1.29, 1.82) is 0 Å². The maximum atomic E-state index is 5.05. The van der Waals surface area contributed by atoms with Gasteiger partial charge in [-0.3, -0.25) is 0 Å². The molecule has 0 aliphatic rings. The van der Waals surface area contributed by atoms with E-state index in [1.807, 2.05) is 0 Å². The maximum Gasteiger partial charge on any atom is 0.0771 e. The lowest BCUT2D eigenvalue weighted by atomic mass is 10.8. The van der Waals surface area contributed by atoms with Crippen molar-refractivity contribution in [1.82, 2.24) is 0 Å². The molecule has 0 bridgehead atoms. The monoisotopic (exact) mass is 195 g/mol. The average Bonchev–Trinajstić information content (AvgIpc) is 0.811. The fraction of sp³-hybridized carbons (Fsp3) is 1.00. The van der Waals surface area contributed by atoms with Crippen LogP contribution < -0.4 is 5.73 Å². The van der Waals surface area contributed by atoms with Crippen molar-refractivity contribution in [2.24, 2.45) is 5.73 Å². The van der Waals surface area contributed by atoms with Crippen molar-refractivity contribution in [3.05, 3.63) is 0 Å². The van der Waals surface area contributed by atoms with Crippen LogP contribution in [-0.2, 0) is 0 Å². The van der Waals surface area contributed by atoms with Crippen LogP contribution in [0.15, 0.2) is 0 Å². The Morgan fingerprint density at radius 2 is 1.67 bits per heavy atom. The molecule has 0 aromatic carbocycles. The Balaban J connectivity index is -0.0000000450. The van der Waals surface area contributed by atoms with Gasteiger partial charge >= 0.3 is 0 Å². The van der Waals surface area contributed by atoms with Crippen molar-refractivity contribution in [2.75, 3.05) is 0 Å². The number of hydrogen-bond acceptors (Lipinski definition) is 1. The highest BCUT2D eigenvalue weighted by Crippen LogP contribution is 1.74. The second kappa shape index (κ2) is 9.39. The standard InChI is InChI=1S/C2H6ClN.BrH.ClH/c1-2(3)4;;/h2H,4H2,1H3;2*1H. The summed E-state index contributed by atoms with van der Waals surface area (Å²) in [6.45, 7) is 1.71. The highest BCUT2D eigenvalue weighted by atomic mass is 79.9. The molecule has 0 heterocycles. The Morgan fingerprint density at radius 3 is 1.67 bits per heavy atom. The molecule has 0 aliphatic heterocycles. The molecular weight excluding hydrogens is 189 g/mol. The van der Waals surface area contributed by atoms with E-state index in [1.54, 1.807) is 6.92 Å². The number of nitrogens with two attached hydrogens (primary N) is 1. The molecule has 1 unspecified atom stereocenters. The van der Waals surface area contributed by atoms with Crippen LogP contribution >= 0.6 is 41.0 Å². The van der Waals surface area contributed by atoms with Gasteiger partial charge in [-0.25, -0.2) is 0 Å². The van der Waals surface area contributed by atoms with E-state index in [0.29, 0.717) is 0 Å². The summed E-state index contributed by atoms with van der Waals surface area (Å²) in [6.07, 6.45) is 0. The van der Waals surface area contributed by atoms with Gasteiger partial charge < -0.3 is 5.73 Å². The molecule has 0 radical (unpaired) electrons. The van der Waals surface area contributed by atoms with Crippen molar-refractivity contribution >= 4 is 41.0 Å². The first-order valence-corrected chi connectivity index (χ1v) is 1.57. The molecule has 0 saturated carbocycles. The van der Waals surface area contributed by atoms with E-state index >= 15 is 0 Å². The molecule has 2 N–H and O–H groups in total. The molecule has 0 spiro atoms. The average molecular weight is 197 g/mol. The molecule has 1 atom stereocenters. The maximum absolute atomic E-state index is 5.05. The zero-order valence-corrected chi connectivity index (χ0v) is 6.63. The van der Waals surface area contributed by atoms with E-state index in [4.69, 9.17) is 17.3 Å². The molecule has 0 saturated heterocycles. The Labute approximate surface area is 59.4 Å². The normalized spacial score (nSPS) is 10.5. The van der Waals surface area contributed by atoms with E-state index in [9.17, 15) is 0 Å². The molecule has 42 valence electrons. The summed E-state index contributed by atoms with van der Waals surface area (Å²) in [5.74, 6) is 0. The predicted octanol–water partition coefficient (Wildman–Crippen LogP) is 1.53. The highest BCUT2D eigenvalue weighted by molar-refractivity contribution is 8.93. The van der Waals surface area contributed by atoms with Gasteiger partial charge in [0, 0.05) is 0 Å². The summed E-state index contributed by atoms with van der Waals surface area (Å²) in [7, 11) is 0. The summed E-state index contributed by atoms with van der Waals surface area (Å²) in [5.41, 5.74) is 4.68. The fourth-order valence-corrected chi connectivity index (χ4v) is 0. The molecule has 0 amide bonds. The van der Waals surface area contributed by atoms with E-state index in [0.717, 1.165) is 0 Å². The lowest BCUT2D eigenvalue weighted by Crippen LogP contribution is -2.03. The van der Waals surface area contributed by atoms with Gasteiger partial charge in [0.25, 0.3) is 0 Å². The van der Waals surface area contributed by atoms with Crippen LogP contribution in [-0.4, -0.2) is 5.50 Å². The first kappa shape index (κ1) is 15.7. The van der Waals surface area contributed by atoms with Gasteiger partial charge in [0.1, 0.15) is 0 Å². The van der Waals surface area contributed by atoms with Crippen molar-refractivity contribution in [2.45, 2.75) is 12.4 Å². The van der Waals surface area contributed by atoms with Gasteiger partial charge in [0.15, 0.2) is 0 Å². The van der Waals surface area contributed by atoms with Gasteiger partial charge in [-0.05, 0) is 6.92 Å². The third kappa shape index (κ3) is 78.0. The molecule has 1 nitrogen and oxygen atoms in total. The first-order chi connectivity index (χ1) is 1.73. The Morgan fingerprint density at radius 1 is 1.67 bits per heavy atom. The van der Waals surface area contributed by atoms with Crippen molar-refractivity contribution in [3.63, 3.8) is 0 Å². The van der Waals surface area contributed by atoms with Crippen molar-refractivity contribution in [3.8, 4) is 0 Å². The molecular formula is C2H8BrCl2N. The van der Waals surface area contributed by atoms with E-state index in [-0.39, 0.29) is 34.9 Å². The van der Waals surface area contributed by atoms with Crippen LogP contribution in [0, 0.1) is 0 Å². The lowest BCUT2D eigenvalue weighted by Gasteiger charge is -1.78. The molecule has 0 aromatic rings. The number of halogens is 3. The third-order valence-corrected chi connectivity index (χ3v) is 0. The minimum Gasteiger partial charge on any atom is -0.316 e. The molecule has 4 heteroatoms. The number of rotatable bonds is 0. The quantitative estimate of drug-likeness (QED) is 0.462. The largest absolute Gasteiger partial charge is 0.316 e. The summed E-state index contributed by atoms with van der Waals surface area (Å²) in [6, 6.07) is 0. The summed E-state index contributed by atoms with van der Waals surface area (Å²) < 4.78 is 0. The SMILES string of the molecule is Br.CC(N)Cl.Cl. The highest BCUT2D eigenvalue weighted by Gasteiger charge is 1.70. The molecule has 0 aromatic heterocycles. The molecule has 6 heavy (non-hydrogen) atoms. The summed E-state index contributed by atoms with van der Waals surface area (Å²) in [5, 5.41) is 0. The third-order valence-electron chi connectivity index (χ3n) is 0. The summed E-state index contributed by atoms with van der Waals surface area (Å²) >= 11 is 5.05. The van der Waals surface area contributed by atoms with Crippen molar-refractivity contribution < 1.29 is 0 Å². The Kier molecular flexibility index (Phi) is 24.6. The zero-order chi connectivity index (χ0) is 3.58. The number of hydrogen-bond donors (Lipinski definition) is 1. The van der Waals surface area contributed by atoms with Gasteiger partial charge in [0.05, 0.1) is 5.50 Å². The van der Waals surface area contributed by atoms with Crippen LogP contribution in [0.4, 0.5) is 0 Å². The van der Waals surface area contributed by atoms with E-state index < -0.39 is 0 Å². The Bertz CT molecular complexity index is 16.3. The van der Waals surface area contributed by atoms with Crippen LogP contribution in [0.5, 0.6) is 0 Å². The lowest BCUT2D eigenvalue weighted by molar-refractivity contribution is 1.03. The number of alkyl halides is 1. The minimum absolute atomic E-state index is 0. The second-order valence-corrected chi connectivity index (χ2v) is 1.37. The van der Waals surface area contributed by atoms with Gasteiger partial charge in [0.2, 0.25) is 0 Å². The molecule has 0 aliphatic carbocycles. The van der Waals surface area contributed by atoms with Crippen LogP contribution in [0.3, 0.4) is 0 Å².